The van der Waals surface area contributed by atoms with Crippen LogP contribution < -0.4 is 11.1 Å². The summed E-state index contributed by atoms with van der Waals surface area (Å²) in [6.07, 6.45) is 3.87. The van der Waals surface area contributed by atoms with Crippen LogP contribution >= 0.6 is 11.8 Å². The van der Waals surface area contributed by atoms with Gasteiger partial charge in [-0.1, -0.05) is 48.5 Å². The topological polar surface area (TPSA) is 55.1 Å². The van der Waals surface area contributed by atoms with Crippen molar-refractivity contribution in [3.63, 3.8) is 0 Å². The molecule has 2 aromatic rings. The van der Waals surface area contributed by atoms with E-state index in [4.69, 9.17) is 5.73 Å². The highest BCUT2D eigenvalue weighted by atomic mass is 32.2. The Balaban J connectivity index is 1.54. The number of nitrogens with one attached hydrogen (secondary N) is 1. The van der Waals surface area contributed by atoms with Crippen molar-refractivity contribution in [1.82, 2.24) is 5.32 Å². The van der Waals surface area contributed by atoms with Crippen LogP contribution in [0.1, 0.15) is 46.9 Å². The van der Waals surface area contributed by atoms with Gasteiger partial charge in [-0.2, -0.15) is 11.8 Å². The van der Waals surface area contributed by atoms with E-state index in [0.29, 0.717) is 24.3 Å². The molecule has 1 amide bonds. The normalized spacial score (nSPS) is 23.8. The molecule has 2 unspecified atom stereocenters. The number of amides is 1. The molecular formula is C22H26N2OS. The van der Waals surface area contributed by atoms with E-state index in [9.17, 15) is 4.79 Å². The van der Waals surface area contributed by atoms with E-state index >= 15 is 0 Å². The highest BCUT2D eigenvalue weighted by Gasteiger charge is 2.42. The van der Waals surface area contributed by atoms with Crippen molar-refractivity contribution in [1.29, 1.82) is 0 Å². The first-order valence-electron chi connectivity index (χ1n) is 9.40. The Morgan fingerprint density at radius 2 is 1.69 bits per heavy atom. The number of hydrogen-bond donors (Lipinski definition) is 2. The van der Waals surface area contributed by atoms with Gasteiger partial charge in [0.2, 0.25) is 5.91 Å². The molecule has 0 aliphatic heterocycles. The number of hydrogen-bond acceptors (Lipinski definition) is 3. The van der Waals surface area contributed by atoms with Gasteiger partial charge in [0.15, 0.2) is 0 Å². The number of nitrogens with two attached hydrogens (primary N) is 1. The first-order chi connectivity index (χ1) is 12.7. The van der Waals surface area contributed by atoms with Gasteiger partial charge in [0, 0.05) is 18.4 Å². The Hall–Kier alpha value is -1.78. The van der Waals surface area contributed by atoms with Crippen molar-refractivity contribution in [2.24, 2.45) is 11.7 Å². The molecule has 2 aromatic carbocycles. The van der Waals surface area contributed by atoms with Gasteiger partial charge in [-0.25, -0.2) is 0 Å². The van der Waals surface area contributed by atoms with Gasteiger partial charge < -0.3 is 11.1 Å². The minimum absolute atomic E-state index is 0.0120. The maximum Gasteiger partial charge on any atom is 0.236 e. The number of fused-ring (bicyclic) bond motifs is 1. The fourth-order valence-electron chi connectivity index (χ4n) is 4.70. The van der Waals surface area contributed by atoms with Crippen molar-refractivity contribution in [3.05, 3.63) is 70.8 Å². The van der Waals surface area contributed by atoms with Crippen LogP contribution in [0.5, 0.6) is 0 Å². The van der Waals surface area contributed by atoms with E-state index in [1.807, 2.05) is 6.26 Å². The zero-order valence-corrected chi connectivity index (χ0v) is 16.0. The third-order valence-corrected chi connectivity index (χ3v) is 6.58. The van der Waals surface area contributed by atoms with Crippen LogP contribution in [0.3, 0.4) is 0 Å². The summed E-state index contributed by atoms with van der Waals surface area (Å²) in [7, 11) is 0. The molecule has 0 saturated carbocycles. The predicted molar refractivity (Wildman–Crippen MR) is 109 cm³/mol. The highest BCUT2D eigenvalue weighted by molar-refractivity contribution is 7.98. The second kappa shape index (κ2) is 7.45. The van der Waals surface area contributed by atoms with Gasteiger partial charge >= 0.3 is 0 Å². The monoisotopic (exact) mass is 366 g/mol. The van der Waals surface area contributed by atoms with Crippen LogP contribution in [-0.4, -0.2) is 30.5 Å². The van der Waals surface area contributed by atoms with E-state index in [1.54, 1.807) is 11.8 Å². The maximum atomic E-state index is 12.3. The molecule has 2 bridgehead atoms. The molecule has 3 aliphatic rings. The van der Waals surface area contributed by atoms with Crippen LogP contribution in [-0.2, 0) is 4.79 Å². The van der Waals surface area contributed by atoms with Crippen molar-refractivity contribution in [2.45, 2.75) is 30.7 Å². The Kier molecular flexibility index (Phi) is 5.05. The predicted octanol–water partition coefficient (Wildman–Crippen LogP) is 3.48. The second-order valence-electron chi connectivity index (χ2n) is 7.42. The van der Waals surface area contributed by atoms with Crippen LogP contribution in [0.15, 0.2) is 48.5 Å². The molecule has 0 heterocycles. The minimum Gasteiger partial charge on any atom is -0.354 e. The molecule has 0 radical (unpaired) electrons. The molecule has 3 aliphatic carbocycles. The summed E-state index contributed by atoms with van der Waals surface area (Å²) in [5, 5.41) is 3.13. The summed E-state index contributed by atoms with van der Waals surface area (Å²) < 4.78 is 0. The molecule has 3 nitrogen and oxygen atoms in total. The van der Waals surface area contributed by atoms with Crippen molar-refractivity contribution in [2.75, 3.05) is 18.6 Å². The van der Waals surface area contributed by atoms with Crippen molar-refractivity contribution >= 4 is 17.7 Å². The minimum atomic E-state index is -0.400. The number of thioether (sulfide) groups is 1. The SMILES string of the molecule is CSCCC(N)C(=O)NCC1CC2c3ccccc3C1c1ccccc12. The lowest BCUT2D eigenvalue weighted by Gasteiger charge is -2.45. The molecular weight excluding hydrogens is 340 g/mol. The summed E-state index contributed by atoms with van der Waals surface area (Å²) in [6, 6.07) is 17.2. The number of carbonyl (C=O) groups is 1. The molecule has 0 fully saturated rings. The van der Waals surface area contributed by atoms with Gasteiger partial charge in [0.05, 0.1) is 6.04 Å². The van der Waals surface area contributed by atoms with E-state index in [-0.39, 0.29) is 5.91 Å². The van der Waals surface area contributed by atoms with Crippen LogP contribution in [0, 0.1) is 5.92 Å². The lowest BCUT2D eigenvalue weighted by Crippen LogP contribution is -2.45. The smallest absolute Gasteiger partial charge is 0.236 e. The summed E-state index contributed by atoms with van der Waals surface area (Å²) in [5.74, 6) is 2.15. The standard InChI is InChI=1S/C22H26N2OS/c1-26-11-10-20(23)22(25)24-13-14-12-19-15-6-2-4-8-17(15)21(14)18-9-5-3-7-16(18)19/h2-9,14,19-21H,10-13,23H2,1H3,(H,24,25). The molecule has 136 valence electrons. The second-order valence-corrected chi connectivity index (χ2v) is 8.40. The van der Waals surface area contributed by atoms with Gasteiger partial charge in [0.1, 0.15) is 0 Å². The molecule has 2 atom stereocenters. The Labute approximate surface area is 159 Å². The summed E-state index contributed by atoms with van der Waals surface area (Å²) in [6.45, 7) is 0.704. The first-order valence-corrected chi connectivity index (χ1v) is 10.8. The average molecular weight is 367 g/mol. The first kappa shape index (κ1) is 17.6. The number of rotatable bonds is 6. The van der Waals surface area contributed by atoms with Gasteiger partial charge in [0.25, 0.3) is 0 Å². The van der Waals surface area contributed by atoms with Crippen molar-refractivity contribution < 1.29 is 4.79 Å². The Morgan fingerprint density at radius 1 is 1.12 bits per heavy atom. The Bertz CT molecular complexity index is 759. The van der Waals surface area contributed by atoms with Gasteiger partial charge in [-0.15, -0.1) is 0 Å². The highest BCUT2D eigenvalue weighted by Crippen LogP contribution is 2.55. The quantitative estimate of drug-likeness (QED) is 0.823. The molecule has 4 heteroatoms. The van der Waals surface area contributed by atoms with Crippen molar-refractivity contribution in [3.8, 4) is 0 Å². The van der Waals surface area contributed by atoms with Gasteiger partial charge in [-0.05, 0) is 53.0 Å². The molecule has 0 spiro atoms. The van der Waals surface area contributed by atoms with E-state index in [1.165, 1.54) is 22.3 Å². The fourth-order valence-corrected chi connectivity index (χ4v) is 5.19. The number of carbonyl (C=O) groups excluding carboxylic acids is 1. The molecule has 3 N–H and O–H groups in total. The molecule has 0 saturated heterocycles. The summed E-state index contributed by atoms with van der Waals surface area (Å²) >= 11 is 1.73. The number of benzene rings is 2. The summed E-state index contributed by atoms with van der Waals surface area (Å²) in [4.78, 5) is 12.3. The Morgan fingerprint density at radius 3 is 2.27 bits per heavy atom. The molecule has 26 heavy (non-hydrogen) atoms. The van der Waals surface area contributed by atoms with Crippen LogP contribution in [0.25, 0.3) is 0 Å². The fraction of sp³-hybridized carbons (Fsp3) is 0.409. The summed E-state index contributed by atoms with van der Waals surface area (Å²) in [5.41, 5.74) is 11.8. The van der Waals surface area contributed by atoms with E-state index in [2.05, 4.69) is 53.8 Å². The lowest BCUT2D eigenvalue weighted by atomic mass is 9.59. The third kappa shape index (κ3) is 3.06. The zero-order chi connectivity index (χ0) is 18.1. The van der Waals surface area contributed by atoms with Gasteiger partial charge in [-0.3, -0.25) is 4.79 Å². The zero-order valence-electron chi connectivity index (χ0n) is 15.2. The van der Waals surface area contributed by atoms with Crippen LogP contribution in [0.4, 0.5) is 0 Å². The van der Waals surface area contributed by atoms with Crippen LogP contribution in [0.2, 0.25) is 0 Å². The lowest BCUT2D eigenvalue weighted by molar-refractivity contribution is -0.122. The maximum absolute atomic E-state index is 12.3. The van der Waals surface area contributed by atoms with E-state index in [0.717, 1.165) is 18.6 Å². The molecule has 0 aromatic heterocycles. The third-order valence-electron chi connectivity index (χ3n) is 5.93. The van der Waals surface area contributed by atoms with E-state index < -0.39 is 6.04 Å². The average Bonchev–Trinajstić information content (AvgIpc) is 2.70. The largest absolute Gasteiger partial charge is 0.354 e. The molecule has 5 rings (SSSR count).